The van der Waals surface area contributed by atoms with Crippen LogP contribution in [0.1, 0.15) is 18.1 Å². The number of nitrogens with zero attached hydrogens (tertiary/aromatic N) is 2. The average Bonchev–Trinajstić information content (AvgIpc) is 2.68. The summed E-state index contributed by atoms with van der Waals surface area (Å²) in [7, 11) is 0. The van der Waals surface area contributed by atoms with Crippen LogP contribution in [0.15, 0.2) is 58.1 Å². The number of hydrogen-bond acceptors (Lipinski definition) is 4. The highest BCUT2D eigenvalue weighted by Gasteiger charge is 2.22. The van der Waals surface area contributed by atoms with Gasteiger partial charge in [-0.15, -0.1) is 5.10 Å². The number of ether oxygens (including phenoxy) is 1. The van der Waals surface area contributed by atoms with Gasteiger partial charge in [-0.25, -0.2) is 5.10 Å². The number of rotatable bonds is 6. The summed E-state index contributed by atoms with van der Waals surface area (Å²) in [5, 5.41) is 17.4. The molecule has 1 aromatic heterocycles. The summed E-state index contributed by atoms with van der Waals surface area (Å²) >= 11 is 9.20. The van der Waals surface area contributed by atoms with Gasteiger partial charge in [0.2, 0.25) is 0 Å². The zero-order chi connectivity index (χ0) is 19.7. The molecule has 9 heteroatoms. The van der Waals surface area contributed by atoms with Gasteiger partial charge in [0.25, 0.3) is 11.4 Å². The monoisotopic (exact) mass is 462 g/mol. The van der Waals surface area contributed by atoms with E-state index < -0.39 is 6.10 Å². The third kappa shape index (κ3) is 3.58. The number of aromatic amines is 2. The summed E-state index contributed by atoms with van der Waals surface area (Å²) < 4.78 is 7.93. The van der Waals surface area contributed by atoms with Gasteiger partial charge < -0.3 is 19.4 Å². The van der Waals surface area contributed by atoms with Crippen LogP contribution in [0, 0.1) is 0 Å². The Morgan fingerprint density at radius 2 is 2.07 bits per heavy atom. The molecule has 1 unspecified atom stereocenters. The van der Waals surface area contributed by atoms with E-state index in [2.05, 4.69) is 31.1 Å². The smallest absolute Gasteiger partial charge is 0.280 e. The highest BCUT2D eigenvalue weighted by Crippen LogP contribution is 2.34. The first kappa shape index (κ1) is 18.8. The first-order valence-corrected chi connectivity index (χ1v) is 9.71. The molecule has 0 aliphatic carbocycles. The van der Waals surface area contributed by atoms with E-state index in [0.29, 0.717) is 21.6 Å². The second-order valence-corrected chi connectivity index (χ2v) is 7.42. The average molecular weight is 464 g/mol. The van der Waals surface area contributed by atoms with Crippen LogP contribution in [-0.4, -0.2) is 31.5 Å². The lowest BCUT2D eigenvalue weighted by Gasteiger charge is -2.23. The SMILES string of the molecule is O=c1[nH]nc(OCCC(O)c2ccc(Cl)cc2)c(-n2cc3[nH]cccc2-3)c1Br. The fourth-order valence-electron chi connectivity index (χ4n) is 2.91. The first-order chi connectivity index (χ1) is 13.5. The molecule has 1 aromatic carbocycles. The van der Waals surface area contributed by atoms with Crippen molar-refractivity contribution >= 4 is 27.5 Å². The number of aliphatic hydroxyl groups is 1. The molecule has 0 fully saturated rings. The van der Waals surface area contributed by atoms with Gasteiger partial charge in [-0.2, -0.15) is 0 Å². The normalized spacial score (nSPS) is 12.4. The van der Waals surface area contributed by atoms with E-state index in [9.17, 15) is 9.90 Å². The summed E-state index contributed by atoms with van der Waals surface area (Å²) in [5.74, 6) is 0.264. The van der Waals surface area contributed by atoms with Crippen molar-refractivity contribution in [2.24, 2.45) is 0 Å². The number of pyridine rings is 1. The van der Waals surface area contributed by atoms with Crippen LogP contribution in [0.5, 0.6) is 5.88 Å². The fourth-order valence-corrected chi connectivity index (χ4v) is 3.48. The number of hydrogen-bond donors (Lipinski definition) is 3. The molecule has 2 aromatic rings. The Morgan fingerprint density at radius 3 is 2.82 bits per heavy atom. The zero-order valence-corrected chi connectivity index (χ0v) is 16.9. The number of halogens is 2. The van der Waals surface area contributed by atoms with E-state index >= 15 is 0 Å². The highest BCUT2D eigenvalue weighted by molar-refractivity contribution is 9.10. The third-order valence-electron chi connectivity index (χ3n) is 4.38. The molecule has 0 radical (unpaired) electrons. The summed E-state index contributed by atoms with van der Waals surface area (Å²) in [6, 6.07) is 10.8. The number of nitrogens with one attached hydrogen (secondary N) is 2. The molecule has 3 N–H and O–H groups in total. The largest absolute Gasteiger partial charge is 0.475 e. The molecule has 0 amide bonds. The number of aromatic nitrogens is 4. The Balaban J connectivity index is 1.54. The molecule has 28 heavy (non-hydrogen) atoms. The van der Waals surface area contributed by atoms with Gasteiger partial charge >= 0.3 is 0 Å². The molecule has 1 atom stereocenters. The van der Waals surface area contributed by atoms with Gasteiger partial charge in [0.1, 0.15) is 10.2 Å². The predicted molar refractivity (Wildman–Crippen MR) is 109 cm³/mol. The Hall–Kier alpha value is -2.55. The van der Waals surface area contributed by atoms with Crippen molar-refractivity contribution in [3.63, 3.8) is 0 Å². The van der Waals surface area contributed by atoms with Crippen LogP contribution in [0.2, 0.25) is 5.02 Å². The molecule has 4 rings (SSSR count). The third-order valence-corrected chi connectivity index (χ3v) is 5.37. The number of benzene rings is 1. The molecule has 0 spiro atoms. The van der Waals surface area contributed by atoms with Crippen molar-refractivity contribution < 1.29 is 9.84 Å². The second-order valence-electron chi connectivity index (χ2n) is 6.19. The Kier molecular flexibility index (Phi) is 5.25. The maximum Gasteiger partial charge on any atom is 0.280 e. The van der Waals surface area contributed by atoms with Gasteiger partial charge in [0, 0.05) is 23.8 Å². The van der Waals surface area contributed by atoms with Gasteiger partial charge in [-0.1, -0.05) is 23.7 Å². The Morgan fingerprint density at radius 1 is 1.29 bits per heavy atom. The van der Waals surface area contributed by atoms with Crippen LogP contribution < -0.4 is 10.3 Å². The minimum absolute atomic E-state index is 0.212. The standard InChI is InChI=1S/C19H16BrClN4O3/c20-16-17(25-10-13-14(25)2-1-8-22-13)19(24-23-18(16)27)28-9-7-15(26)11-3-5-12(21)6-4-11/h1-6,8,10,15,22,26H,7,9H2,(H,23,27). The molecule has 0 bridgehead atoms. The summed E-state index contributed by atoms with van der Waals surface area (Å²) in [4.78, 5) is 15.1. The van der Waals surface area contributed by atoms with Crippen LogP contribution in [0.3, 0.4) is 0 Å². The zero-order valence-electron chi connectivity index (χ0n) is 14.5. The molecular weight excluding hydrogens is 448 g/mol. The number of aliphatic hydroxyl groups excluding tert-OH is 1. The van der Waals surface area contributed by atoms with Crippen molar-refractivity contribution in [3.05, 3.63) is 74.2 Å². The van der Waals surface area contributed by atoms with Crippen LogP contribution in [0.4, 0.5) is 0 Å². The minimum atomic E-state index is -0.696. The van der Waals surface area contributed by atoms with Crippen LogP contribution in [0.25, 0.3) is 17.1 Å². The number of fused-ring (bicyclic) bond motifs is 1. The second kappa shape index (κ2) is 7.83. The van der Waals surface area contributed by atoms with E-state index in [1.807, 2.05) is 29.1 Å². The lowest BCUT2D eigenvalue weighted by molar-refractivity contribution is 0.139. The fraction of sp³-hybridized carbons (Fsp3) is 0.158. The van der Waals surface area contributed by atoms with Crippen LogP contribution >= 0.6 is 27.5 Å². The minimum Gasteiger partial charge on any atom is -0.475 e. The molecule has 2 aliphatic heterocycles. The predicted octanol–water partition coefficient (Wildman–Crippen LogP) is 3.91. The molecule has 2 aliphatic rings. The molecule has 144 valence electrons. The van der Waals surface area contributed by atoms with Gasteiger partial charge in [-0.05, 0) is 45.8 Å². The van der Waals surface area contributed by atoms with Crippen molar-refractivity contribution in [1.29, 1.82) is 0 Å². The lowest BCUT2D eigenvalue weighted by Crippen LogP contribution is -2.19. The quantitative estimate of drug-likeness (QED) is 0.404. The Bertz CT molecular complexity index is 1120. The van der Waals surface area contributed by atoms with Gasteiger partial charge in [-0.3, -0.25) is 4.79 Å². The number of H-pyrrole nitrogens is 2. The molecule has 3 heterocycles. The van der Waals surface area contributed by atoms with E-state index in [0.717, 1.165) is 17.0 Å². The summed E-state index contributed by atoms with van der Waals surface area (Å²) in [5.41, 5.74) is 2.76. The van der Waals surface area contributed by atoms with Gasteiger partial charge in [0.05, 0.1) is 24.1 Å². The maximum absolute atomic E-state index is 12.0. The van der Waals surface area contributed by atoms with Crippen LogP contribution in [-0.2, 0) is 0 Å². The molecular formula is C19H16BrClN4O3. The molecule has 0 saturated carbocycles. The Labute approximate surface area is 173 Å². The topological polar surface area (TPSA) is 95.9 Å². The highest BCUT2D eigenvalue weighted by atomic mass is 79.9. The summed E-state index contributed by atoms with van der Waals surface area (Å²) in [6.45, 7) is 0.212. The summed E-state index contributed by atoms with van der Waals surface area (Å²) in [6.07, 6.45) is 3.34. The van der Waals surface area contributed by atoms with Crippen molar-refractivity contribution in [3.8, 4) is 23.0 Å². The van der Waals surface area contributed by atoms with E-state index in [1.165, 1.54) is 0 Å². The van der Waals surface area contributed by atoms with E-state index in [1.54, 1.807) is 24.3 Å². The van der Waals surface area contributed by atoms with E-state index in [-0.39, 0.29) is 18.0 Å². The van der Waals surface area contributed by atoms with Crippen molar-refractivity contribution in [2.45, 2.75) is 12.5 Å². The lowest BCUT2D eigenvalue weighted by atomic mass is 10.1. The maximum atomic E-state index is 12.0. The van der Waals surface area contributed by atoms with E-state index in [4.69, 9.17) is 16.3 Å². The first-order valence-electron chi connectivity index (χ1n) is 8.54. The van der Waals surface area contributed by atoms with Gasteiger partial charge in [0.15, 0.2) is 0 Å². The molecule has 0 saturated heterocycles. The van der Waals surface area contributed by atoms with Crippen molar-refractivity contribution in [1.82, 2.24) is 19.7 Å². The molecule has 7 nitrogen and oxygen atoms in total. The van der Waals surface area contributed by atoms with Crippen molar-refractivity contribution in [2.75, 3.05) is 6.61 Å².